The number of nitrogens with zero attached hydrogens (tertiary/aromatic N) is 1. The van der Waals surface area contributed by atoms with Gasteiger partial charge in [-0.05, 0) is 30.4 Å². The van der Waals surface area contributed by atoms with Gasteiger partial charge >= 0.3 is 0 Å². The summed E-state index contributed by atoms with van der Waals surface area (Å²) in [7, 11) is 4.72. The van der Waals surface area contributed by atoms with Crippen LogP contribution in [0, 0.1) is 0 Å². The van der Waals surface area contributed by atoms with Crippen LogP contribution in [0.3, 0.4) is 0 Å². The Hall–Kier alpha value is -1.34. The molecule has 27 heavy (non-hydrogen) atoms. The summed E-state index contributed by atoms with van der Waals surface area (Å²) in [4.78, 5) is 0. The van der Waals surface area contributed by atoms with Gasteiger partial charge < -0.3 is 0 Å². The van der Waals surface area contributed by atoms with Gasteiger partial charge in [0.2, 0.25) is 0 Å². The summed E-state index contributed by atoms with van der Waals surface area (Å²) in [5, 5.41) is 2.76. The number of unbranched alkanes of at least 4 members (excludes halogenated alkanes) is 11. The van der Waals surface area contributed by atoms with Crippen LogP contribution in [-0.2, 0) is 0 Å². The Bertz CT molecular complexity index is 638. The van der Waals surface area contributed by atoms with E-state index in [1.807, 2.05) is 0 Å². The summed E-state index contributed by atoms with van der Waals surface area (Å²) in [5.74, 6) is 0. The van der Waals surface area contributed by atoms with Crippen LogP contribution in [-0.4, -0.2) is 20.6 Å². The molecule has 0 atom stereocenters. The number of rotatable bonds is 14. The van der Waals surface area contributed by atoms with Gasteiger partial charge in [-0.15, -0.1) is 0 Å². The van der Waals surface area contributed by atoms with Gasteiger partial charge in [-0.25, -0.2) is 0 Å². The molecule has 2 aromatic carbocycles. The van der Waals surface area contributed by atoms with E-state index in [1.165, 1.54) is 100 Å². The second kappa shape index (κ2) is 12.2. The lowest BCUT2D eigenvalue weighted by Gasteiger charge is -2.30. The van der Waals surface area contributed by atoms with Crippen molar-refractivity contribution in [1.29, 1.82) is 0 Å². The molecule has 0 aliphatic heterocycles. The van der Waals surface area contributed by atoms with E-state index >= 15 is 0 Å². The minimum Gasteiger partial charge on any atom is -0.295 e. The molecule has 0 aliphatic carbocycles. The molecule has 150 valence electrons. The van der Waals surface area contributed by atoms with Gasteiger partial charge in [0, 0.05) is 5.39 Å². The lowest BCUT2D eigenvalue weighted by Crippen LogP contribution is -2.41. The summed E-state index contributed by atoms with van der Waals surface area (Å²) in [5.41, 5.74) is 1.45. The zero-order valence-corrected chi connectivity index (χ0v) is 18.2. The highest BCUT2D eigenvalue weighted by molar-refractivity contribution is 5.93. The van der Waals surface area contributed by atoms with Gasteiger partial charge in [0.25, 0.3) is 0 Å². The molecule has 2 aromatic rings. The quantitative estimate of drug-likeness (QED) is 0.233. The number of quaternary nitrogens is 1. The largest absolute Gasteiger partial charge is 0.295 e. The standard InChI is InChI=1S/C26H42N/c1-4-5-6-7-8-9-10-11-12-13-14-17-23-27(2,3)26-22-18-20-24-19-15-16-21-25(24)26/h15-16,18-22H,4-14,17,23H2,1-3H3/q+1. The summed E-state index contributed by atoms with van der Waals surface area (Å²) < 4.78 is 0.985. The summed E-state index contributed by atoms with van der Waals surface area (Å²) in [6.45, 7) is 3.52. The summed E-state index contributed by atoms with van der Waals surface area (Å²) in [6, 6.07) is 15.5. The highest BCUT2D eigenvalue weighted by atomic mass is 15.3. The molecule has 0 saturated carbocycles. The van der Waals surface area contributed by atoms with Crippen LogP contribution < -0.4 is 4.48 Å². The Labute approximate surface area is 168 Å². The Kier molecular flexibility index (Phi) is 9.91. The topological polar surface area (TPSA) is 0 Å². The predicted octanol–water partition coefficient (Wildman–Crippen LogP) is 8.11. The fourth-order valence-electron chi connectivity index (χ4n) is 4.20. The summed E-state index contributed by atoms with van der Waals surface area (Å²) >= 11 is 0. The van der Waals surface area contributed by atoms with E-state index in [0.29, 0.717) is 0 Å². The molecule has 0 fully saturated rings. The fourth-order valence-corrected chi connectivity index (χ4v) is 4.20. The van der Waals surface area contributed by atoms with Crippen molar-refractivity contribution < 1.29 is 0 Å². The molecule has 1 nitrogen and oxygen atoms in total. The molecule has 0 radical (unpaired) electrons. The Morgan fingerprint density at radius 3 is 1.74 bits per heavy atom. The molecule has 0 aliphatic rings. The van der Waals surface area contributed by atoms with E-state index in [-0.39, 0.29) is 0 Å². The van der Waals surface area contributed by atoms with E-state index in [2.05, 4.69) is 63.5 Å². The van der Waals surface area contributed by atoms with Gasteiger partial charge in [-0.2, -0.15) is 0 Å². The van der Waals surface area contributed by atoms with Crippen LogP contribution >= 0.6 is 0 Å². The zero-order valence-electron chi connectivity index (χ0n) is 18.2. The van der Waals surface area contributed by atoms with Crippen molar-refractivity contribution in [3.63, 3.8) is 0 Å². The number of hydrogen-bond acceptors (Lipinski definition) is 0. The second-order valence-corrected chi connectivity index (χ2v) is 8.80. The smallest absolute Gasteiger partial charge is 0.140 e. The Morgan fingerprint density at radius 1 is 0.593 bits per heavy atom. The molecule has 0 aromatic heterocycles. The van der Waals surface area contributed by atoms with Gasteiger partial charge in [-0.1, -0.05) is 101 Å². The van der Waals surface area contributed by atoms with Crippen molar-refractivity contribution in [2.75, 3.05) is 20.6 Å². The Balaban J connectivity index is 1.61. The van der Waals surface area contributed by atoms with Crippen LogP contribution in [0.2, 0.25) is 0 Å². The molecule has 2 rings (SSSR count). The minimum atomic E-state index is 0.985. The van der Waals surface area contributed by atoms with Gasteiger partial charge in [0.1, 0.15) is 5.69 Å². The molecule has 0 bridgehead atoms. The molecule has 0 unspecified atom stereocenters. The van der Waals surface area contributed by atoms with Crippen molar-refractivity contribution in [3.8, 4) is 0 Å². The first kappa shape index (κ1) is 22.0. The molecule has 0 heterocycles. The van der Waals surface area contributed by atoms with E-state index in [4.69, 9.17) is 0 Å². The van der Waals surface area contributed by atoms with Gasteiger partial charge in [0.05, 0.1) is 20.6 Å². The first-order valence-corrected chi connectivity index (χ1v) is 11.5. The highest BCUT2D eigenvalue weighted by Gasteiger charge is 2.20. The maximum atomic E-state index is 2.36. The summed E-state index contributed by atoms with van der Waals surface area (Å²) in [6.07, 6.45) is 17.0. The average molecular weight is 369 g/mol. The zero-order chi connectivity index (χ0) is 19.4. The molecule has 0 saturated heterocycles. The minimum absolute atomic E-state index is 0.985. The monoisotopic (exact) mass is 368 g/mol. The van der Waals surface area contributed by atoms with Gasteiger partial charge in [-0.3, -0.25) is 4.48 Å². The van der Waals surface area contributed by atoms with Crippen LogP contribution in [0.15, 0.2) is 42.5 Å². The normalized spacial score (nSPS) is 12.0. The third-order valence-corrected chi connectivity index (χ3v) is 5.99. The first-order valence-electron chi connectivity index (χ1n) is 11.5. The molecular weight excluding hydrogens is 326 g/mol. The van der Waals surface area contributed by atoms with E-state index < -0.39 is 0 Å². The van der Waals surface area contributed by atoms with Crippen molar-refractivity contribution in [2.45, 2.75) is 84.0 Å². The van der Waals surface area contributed by atoms with Crippen molar-refractivity contribution >= 4 is 16.5 Å². The number of fused-ring (bicyclic) bond motifs is 1. The SMILES string of the molecule is CCCCCCCCCCCCCC[N+](C)(C)c1cccc2ccccc12. The average Bonchev–Trinajstić information content (AvgIpc) is 2.68. The second-order valence-electron chi connectivity index (χ2n) is 8.80. The molecule has 1 heteroatoms. The van der Waals surface area contributed by atoms with E-state index in [9.17, 15) is 0 Å². The molecule has 0 amide bonds. The molecule has 0 N–H and O–H groups in total. The highest BCUT2D eigenvalue weighted by Crippen LogP contribution is 2.30. The maximum Gasteiger partial charge on any atom is 0.140 e. The third kappa shape index (κ3) is 7.66. The number of benzene rings is 2. The van der Waals surface area contributed by atoms with E-state index in [1.54, 1.807) is 0 Å². The van der Waals surface area contributed by atoms with Crippen LogP contribution in [0.25, 0.3) is 10.8 Å². The maximum absolute atomic E-state index is 2.36. The number of hydrogen-bond donors (Lipinski definition) is 0. The van der Waals surface area contributed by atoms with Crippen molar-refractivity contribution in [1.82, 2.24) is 4.48 Å². The van der Waals surface area contributed by atoms with Crippen LogP contribution in [0.1, 0.15) is 84.0 Å². The van der Waals surface area contributed by atoms with Crippen LogP contribution in [0.4, 0.5) is 5.69 Å². The van der Waals surface area contributed by atoms with E-state index in [0.717, 1.165) is 4.48 Å². The fraction of sp³-hybridized carbons (Fsp3) is 0.615. The first-order chi connectivity index (χ1) is 13.1. The van der Waals surface area contributed by atoms with Crippen LogP contribution in [0.5, 0.6) is 0 Å². The van der Waals surface area contributed by atoms with Crippen molar-refractivity contribution in [2.24, 2.45) is 0 Å². The molecule has 0 spiro atoms. The lowest BCUT2D eigenvalue weighted by atomic mass is 10.0. The third-order valence-electron chi connectivity index (χ3n) is 5.99. The molecular formula is C26H42N+. The Morgan fingerprint density at radius 2 is 1.11 bits per heavy atom. The van der Waals surface area contributed by atoms with Crippen molar-refractivity contribution in [3.05, 3.63) is 42.5 Å². The predicted molar refractivity (Wildman–Crippen MR) is 124 cm³/mol. The van der Waals surface area contributed by atoms with Gasteiger partial charge in [0.15, 0.2) is 0 Å². The lowest BCUT2D eigenvalue weighted by molar-refractivity contribution is 0.383.